The van der Waals surface area contributed by atoms with E-state index in [2.05, 4.69) is 45.5 Å². The van der Waals surface area contributed by atoms with Crippen LogP contribution in [0.25, 0.3) is 22.3 Å². The fourth-order valence-corrected chi connectivity index (χ4v) is 13.4. The molecule has 22 nitrogen and oxygen atoms in total. The second kappa shape index (κ2) is 31.9. The second-order valence-corrected chi connectivity index (χ2v) is 26.4. The van der Waals surface area contributed by atoms with Crippen molar-refractivity contribution < 1.29 is 66.8 Å². The van der Waals surface area contributed by atoms with Crippen molar-refractivity contribution in [2.24, 2.45) is 0 Å². The molecule has 5 heterocycles. The normalized spacial score (nSPS) is 15.1. The zero-order valence-corrected chi connectivity index (χ0v) is 58.0. The highest BCUT2D eigenvalue weighted by molar-refractivity contribution is 6.12. The zero-order chi connectivity index (χ0) is 72.1. The molecule has 3 aliphatic rings. The van der Waals surface area contributed by atoms with Gasteiger partial charge in [0.2, 0.25) is 23.3 Å². The van der Waals surface area contributed by atoms with Crippen LogP contribution >= 0.6 is 0 Å². The molecule has 0 bridgehead atoms. The summed E-state index contributed by atoms with van der Waals surface area (Å²) in [5.74, 6) is -2.15. The Kier molecular flexibility index (Phi) is 22.5. The highest BCUT2D eigenvalue weighted by atomic mass is 16.7. The fourth-order valence-electron chi connectivity index (χ4n) is 13.4. The summed E-state index contributed by atoms with van der Waals surface area (Å²) in [7, 11) is 1.63. The number of amides is 5. The highest BCUT2D eigenvalue weighted by Crippen LogP contribution is 2.43. The van der Waals surface area contributed by atoms with Gasteiger partial charge in [0.25, 0.3) is 17.4 Å². The summed E-state index contributed by atoms with van der Waals surface area (Å²) in [5.41, 5.74) is 3.90. The lowest BCUT2D eigenvalue weighted by atomic mass is 9.77. The number of benzene rings is 6. The number of hydrogen-bond donors (Lipinski definition) is 4. The molecule has 0 saturated carbocycles. The van der Waals surface area contributed by atoms with Gasteiger partial charge in [-0.1, -0.05) is 136 Å². The van der Waals surface area contributed by atoms with Crippen LogP contribution in [0.2, 0.25) is 0 Å². The van der Waals surface area contributed by atoms with Gasteiger partial charge >= 0.3 is 18.3 Å². The minimum absolute atomic E-state index is 0.0720. The SMILES string of the molecule is CCc1c2c(nc3ccc(OC(=O)OC(C)(C)C)cc13)-c1cc3c(c(=O)n1C2)COC(=O)[C@@]3(CC)OC(=O)OCc1ccc(NC(=O)[C@H](CCCCNC(c2ccccc2)(c2ccccc2)c2ccc(OC)cc2)NC(=O)[C@H](Cc2ccccc2)NC(=O)CCCCCN2C(=O)C=CC2=O)cc1. The van der Waals surface area contributed by atoms with E-state index in [0.717, 1.165) is 43.7 Å². The Morgan fingerprint density at radius 2 is 1.32 bits per heavy atom. The number of fused-ring (bicyclic) bond motifs is 5. The quantitative estimate of drug-likeness (QED) is 0.00846. The average molecular weight is 1380 g/mol. The third kappa shape index (κ3) is 16.3. The van der Waals surface area contributed by atoms with E-state index in [-0.39, 0.29) is 86.6 Å². The molecule has 5 amide bonds. The maximum absolute atomic E-state index is 14.7. The number of pyridine rings is 2. The minimum Gasteiger partial charge on any atom is -0.497 e. The molecule has 2 aromatic heterocycles. The molecule has 4 N–H and O–H groups in total. The number of rotatable bonds is 29. The molecule has 11 rings (SSSR count). The highest BCUT2D eigenvalue weighted by Gasteiger charge is 2.51. The largest absolute Gasteiger partial charge is 0.514 e. The number of anilines is 1. The van der Waals surface area contributed by atoms with Crippen molar-refractivity contribution in [1.29, 1.82) is 0 Å². The van der Waals surface area contributed by atoms with Crippen LogP contribution in [-0.2, 0) is 91.5 Å². The minimum atomic E-state index is -2.07. The van der Waals surface area contributed by atoms with Crippen LogP contribution in [0.5, 0.6) is 11.5 Å². The first-order valence-corrected chi connectivity index (χ1v) is 34.4. The summed E-state index contributed by atoms with van der Waals surface area (Å²) in [6, 6.07) is 48.4. The first-order valence-electron chi connectivity index (χ1n) is 34.4. The van der Waals surface area contributed by atoms with Crippen LogP contribution in [0.1, 0.15) is 136 Å². The second-order valence-electron chi connectivity index (χ2n) is 26.4. The third-order valence-electron chi connectivity index (χ3n) is 18.5. The number of cyclic esters (lactones) is 1. The van der Waals surface area contributed by atoms with Crippen LogP contribution in [0.4, 0.5) is 15.3 Å². The number of carbonyl (C=O) groups is 8. The molecule has 0 spiro atoms. The van der Waals surface area contributed by atoms with Crippen LogP contribution in [-0.4, -0.2) is 100 Å². The molecular formula is C80H83N7O15. The average Bonchev–Trinajstić information content (AvgIpc) is 1.50. The maximum Gasteiger partial charge on any atom is 0.514 e. The van der Waals surface area contributed by atoms with E-state index in [1.165, 1.54) is 12.2 Å². The third-order valence-corrected chi connectivity index (χ3v) is 18.5. The molecule has 3 atom stereocenters. The number of carbonyl (C=O) groups excluding carboxylic acids is 8. The molecule has 22 heteroatoms. The first kappa shape index (κ1) is 72.0. The molecule has 0 fully saturated rings. The van der Waals surface area contributed by atoms with Crippen molar-refractivity contribution in [3.63, 3.8) is 0 Å². The first-order chi connectivity index (χ1) is 49.2. The van der Waals surface area contributed by atoms with Gasteiger partial charge in [-0.05, 0) is 154 Å². The molecule has 8 aromatic rings. The summed E-state index contributed by atoms with van der Waals surface area (Å²) in [4.78, 5) is 128. The lowest BCUT2D eigenvalue weighted by Gasteiger charge is -2.37. The van der Waals surface area contributed by atoms with Crippen LogP contribution in [0.15, 0.2) is 181 Å². The maximum atomic E-state index is 14.7. The van der Waals surface area contributed by atoms with E-state index in [1.54, 1.807) is 87.9 Å². The van der Waals surface area contributed by atoms with Crippen molar-refractivity contribution in [3.05, 3.63) is 236 Å². The van der Waals surface area contributed by atoms with Crippen LogP contribution < -0.4 is 36.3 Å². The van der Waals surface area contributed by atoms with E-state index in [1.807, 2.05) is 97.9 Å². The number of unbranched alkanes of at least 4 members (excludes halogenated alkanes) is 3. The van der Waals surface area contributed by atoms with E-state index in [0.29, 0.717) is 79.0 Å². The van der Waals surface area contributed by atoms with Crippen molar-refractivity contribution in [2.45, 2.75) is 147 Å². The molecule has 0 unspecified atom stereocenters. The Hall–Kier alpha value is -11.3. The number of nitrogens with one attached hydrogen (secondary N) is 4. The van der Waals surface area contributed by atoms with Crippen molar-refractivity contribution in [1.82, 2.24) is 30.4 Å². The standard InChI is InChI=1S/C80H83N7O15/c1-7-59-60-46-58(100-77(96)101-78(3,4)5)39-40-64(60)84-71-61(59)48-87-67(71)47-63-62(74(87)93)50-98-75(94)79(63,8-2)102-76(95)99-49-52-31-35-56(36-32-52)82-72(91)65(85-73(92)66(45-51-23-13-9-14-24-51)83-68(88)30-19-12-22-44-86-69(89)41-42-70(86)90)29-20-21-43-81-80(53-25-15-10-16-26-53,54-27-17-11-18-28-54)55-33-37-57(97-6)38-34-55/h9-11,13-18,23-28,31-42,46-47,65-66,81H,7-8,12,19-22,29-30,43-45,48-50H2,1-6H3,(H,82,91)(H,83,88)(H,85,92)/t65-,66-,79-/m0/s1. The molecule has 528 valence electrons. The van der Waals surface area contributed by atoms with E-state index in [9.17, 15) is 43.2 Å². The molecule has 0 aliphatic carbocycles. The van der Waals surface area contributed by atoms with Crippen molar-refractivity contribution >= 4 is 64.4 Å². The predicted octanol–water partition coefficient (Wildman–Crippen LogP) is 11.7. The summed E-state index contributed by atoms with van der Waals surface area (Å²) in [5, 5.41) is 13.5. The molecule has 102 heavy (non-hydrogen) atoms. The lowest BCUT2D eigenvalue weighted by Crippen LogP contribution is -2.53. The number of nitrogens with zero attached hydrogens (tertiary/aromatic N) is 3. The molecule has 0 saturated heterocycles. The topological polar surface area (TPSA) is 278 Å². The number of methoxy groups -OCH3 is 1. The van der Waals surface area contributed by atoms with E-state index >= 15 is 0 Å². The number of imide groups is 1. The molecular weight excluding hydrogens is 1300 g/mol. The van der Waals surface area contributed by atoms with Gasteiger partial charge in [0, 0.05) is 53.7 Å². The number of hydrogen-bond acceptors (Lipinski definition) is 17. The van der Waals surface area contributed by atoms with Gasteiger partial charge in [-0.25, -0.2) is 19.4 Å². The van der Waals surface area contributed by atoms with Gasteiger partial charge in [0.15, 0.2) is 0 Å². The predicted molar refractivity (Wildman–Crippen MR) is 381 cm³/mol. The molecule has 3 aliphatic heterocycles. The smallest absolute Gasteiger partial charge is 0.497 e. The Balaban J connectivity index is 0.784. The fraction of sp³-hybridized carbons (Fsp3) is 0.325. The monoisotopic (exact) mass is 1380 g/mol. The van der Waals surface area contributed by atoms with Crippen molar-refractivity contribution in [3.8, 4) is 22.9 Å². The summed E-state index contributed by atoms with van der Waals surface area (Å²) in [6.45, 7) is 8.99. The number of ether oxygens (including phenoxy) is 6. The van der Waals surface area contributed by atoms with Crippen LogP contribution in [0, 0.1) is 0 Å². The Morgan fingerprint density at radius 1 is 0.667 bits per heavy atom. The van der Waals surface area contributed by atoms with Crippen LogP contribution in [0.3, 0.4) is 0 Å². The summed E-state index contributed by atoms with van der Waals surface area (Å²) in [6.07, 6.45) is 3.69. The van der Waals surface area contributed by atoms with Gasteiger partial charge in [-0.15, -0.1) is 0 Å². The Labute approximate surface area is 591 Å². The number of aromatic nitrogens is 2. The van der Waals surface area contributed by atoms with Gasteiger partial charge in [0.1, 0.15) is 42.4 Å². The number of aryl methyl sites for hydroxylation is 1. The Morgan fingerprint density at radius 3 is 1.97 bits per heavy atom. The lowest BCUT2D eigenvalue weighted by molar-refractivity contribution is -0.175. The van der Waals surface area contributed by atoms with Crippen molar-refractivity contribution in [2.75, 3.05) is 25.5 Å². The van der Waals surface area contributed by atoms with E-state index < -0.39 is 64.5 Å². The molecule has 6 aromatic carbocycles. The summed E-state index contributed by atoms with van der Waals surface area (Å²) < 4.78 is 35.2. The van der Waals surface area contributed by atoms with Gasteiger partial charge in [-0.3, -0.25) is 39.0 Å². The van der Waals surface area contributed by atoms with E-state index in [4.69, 9.17) is 33.4 Å². The Bertz CT molecular complexity index is 4460. The molecule has 0 radical (unpaired) electrons. The van der Waals surface area contributed by atoms with Gasteiger partial charge in [-0.2, -0.15) is 0 Å². The van der Waals surface area contributed by atoms with Gasteiger partial charge in [0.05, 0.1) is 41.7 Å². The zero-order valence-electron chi connectivity index (χ0n) is 58.0. The summed E-state index contributed by atoms with van der Waals surface area (Å²) >= 11 is 0. The number of esters is 1. The van der Waals surface area contributed by atoms with Gasteiger partial charge < -0.3 is 48.9 Å².